The Labute approximate surface area is 71.9 Å². The molecule has 0 bridgehead atoms. The zero-order chi connectivity index (χ0) is 8.10. The van der Waals surface area contributed by atoms with Gasteiger partial charge in [0.25, 0.3) is 0 Å². The Morgan fingerprint density at radius 3 is 3.09 bits per heavy atom. The van der Waals surface area contributed by atoms with E-state index in [0.29, 0.717) is 18.6 Å². The van der Waals surface area contributed by atoms with Gasteiger partial charge in [0.15, 0.2) is 0 Å². The summed E-state index contributed by atoms with van der Waals surface area (Å²) in [6.45, 7) is 0. The summed E-state index contributed by atoms with van der Waals surface area (Å²) in [5.41, 5.74) is 0. The molecule has 0 saturated carbocycles. The number of hydrogen-bond donors (Lipinski definition) is 0. The molecule has 0 aromatic heterocycles. The van der Waals surface area contributed by atoms with Gasteiger partial charge in [0.2, 0.25) is 0 Å². The normalized spacial score (nSPS) is 23.0. The third-order valence-electron chi connectivity index (χ3n) is 1.80. The minimum absolute atomic E-state index is 0.267. The first-order chi connectivity index (χ1) is 5.34. The van der Waals surface area contributed by atoms with Crippen molar-refractivity contribution in [3.05, 3.63) is 0 Å². The molecule has 0 aliphatic carbocycles. The third kappa shape index (κ3) is 2.59. The zero-order valence-electron chi connectivity index (χ0n) is 6.51. The Hall–Kier alpha value is -0.420. The molecular formula is C9H12OS. The third-order valence-corrected chi connectivity index (χ3v) is 3.23. The monoisotopic (exact) mass is 168 g/mol. The molecule has 0 aromatic carbocycles. The molecule has 1 aliphatic rings. The van der Waals surface area contributed by atoms with Crippen LogP contribution in [-0.2, 0) is 4.79 Å². The number of Topliss-reactive ketones (excluding diaryl/α,β-unsaturated/α-hetero) is 1. The molecule has 0 N–H and O–H groups in total. The number of rotatable bonds is 3. The average molecular weight is 168 g/mol. The zero-order valence-corrected chi connectivity index (χ0v) is 7.32. The van der Waals surface area contributed by atoms with Crippen LogP contribution in [0.25, 0.3) is 0 Å². The molecule has 0 aromatic rings. The van der Waals surface area contributed by atoms with E-state index in [1.807, 2.05) is 0 Å². The Balaban J connectivity index is 2.24. The van der Waals surface area contributed by atoms with Crippen molar-refractivity contribution in [3.8, 4) is 12.3 Å². The van der Waals surface area contributed by atoms with Crippen LogP contribution in [0.2, 0.25) is 0 Å². The molecule has 1 unspecified atom stereocenters. The lowest BCUT2D eigenvalue weighted by molar-refractivity contribution is -0.118. The minimum atomic E-state index is 0.267. The van der Waals surface area contributed by atoms with Crippen molar-refractivity contribution in [1.82, 2.24) is 0 Å². The van der Waals surface area contributed by atoms with Crippen LogP contribution < -0.4 is 0 Å². The molecular weight excluding hydrogens is 156 g/mol. The predicted octanol–water partition coefficient (Wildman–Crippen LogP) is 1.86. The Morgan fingerprint density at radius 2 is 2.55 bits per heavy atom. The number of ketones is 1. The number of terminal acetylenes is 1. The first-order valence-electron chi connectivity index (χ1n) is 3.92. The van der Waals surface area contributed by atoms with Crippen LogP contribution in [0.4, 0.5) is 0 Å². The molecule has 1 saturated heterocycles. The fourth-order valence-corrected chi connectivity index (χ4v) is 2.44. The summed E-state index contributed by atoms with van der Waals surface area (Å²) in [5.74, 6) is 3.99. The Kier molecular flexibility index (Phi) is 3.51. The van der Waals surface area contributed by atoms with Crippen molar-refractivity contribution in [1.29, 1.82) is 0 Å². The first-order valence-corrected chi connectivity index (χ1v) is 4.97. The molecule has 1 atom stereocenters. The van der Waals surface area contributed by atoms with Crippen LogP contribution >= 0.6 is 11.8 Å². The SMILES string of the molecule is C#CCCC(=O)C1CCCS1. The highest BCUT2D eigenvalue weighted by Gasteiger charge is 2.21. The van der Waals surface area contributed by atoms with Crippen molar-refractivity contribution in [2.75, 3.05) is 5.75 Å². The van der Waals surface area contributed by atoms with Gasteiger partial charge in [0.1, 0.15) is 5.78 Å². The van der Waals surface area contributed by atoms with Crippen molar-refractivity contribution in [2.24, 2.45) is 0 Å². The quantitative estimate of drug-likeness (QED) is 0.598. The van der Waals surface area contributed by atoms with E-state index in [0.717, 1.165) is 12.2 Å². The smallest absolute Gasteiger partial charge is 0.146 e. The highest BCUT2D eigenvalue weighted by Crippen LogP contribution is 2.27. The second-order valence-electron chi connectivity index (χ2n) is 2.67. The van der Waals surface area contributed by atoms with Gasteiger partial charge in [-0.25, -0.2) is 0 Å². The number of carbonyl (C=O) groups excluding carboxylic acids is 1. The predicted molar refractivity (Wildman–Crippen MR) is 48.6 cm³/mol. The average Bonchev–Trinajstić information content (AvgIpc) is 2.52. The second kappa shape index (κ2) is 4.46. The minimum Gasteiger partial charge on any atom is -0.298 e. The van der Waals surface area contributed by atoms with Crippen LogP contribution in [0.3, 0.4) is 0 Å². The topological polar surface area (TPSA) is 17.1 Å². The van der Waals surface area contributed by atoms with Gasteiger partial charge in [-0.05, 0) is 18.6 Å². The Morgan fingerprint density at radius 1 is 1.73 bits per heavy atom. The van der Waals surface area contributed by atoms with E-state index in [9.17, 15) is 4.79 Å². The molecule has 60 valence electrons. The van der Waals surface area contributed by atoms with Crippen molar-refractivity contribution >= 4 is 17.5 Å². The van der Waals surface area contributed by atoms with E-state index in [1.165, 1.54) is 6.42 Å². The summed E-state index contributed by atoms with van der Waals surface area (Å²) in [6, 6.07) is 0. The molecule has 2 heteroatoms. The van der Waals surface area contributed by atoms with Crippen LogP contribution in [-0.4, -0.2) is 16.8 Å². The fraction of sp³-hybridized carbons (Fsp3) is 0.667. The van der Waals surface area contributed by atoms with E-state index < -0.39 is 0 Å². The lowest BCUT2D eigenvalue weighted by Gasteiger charge is -2.03. The van der Waals surface area contributed by atoms with E-state index >= 15 is 0 Å². The molecule has 1 nitrogen and oxygen atoms in total. The number of carbonyl (C=O) groups is 1. The molecule has 1 fully saturated rings. The van der Waals surface area contributed by atoms with Crippen LogP contribution in [0.1, 0.15) is 25.7 Å². The molecule has 1 rings (SSSR count). The standard InChI is InChI=1S/C9H12OS/c1-2-3-5-8(10)9-6-4-7-11-9/h1,9H,3-7H2. The van der Waals surface area contributed by atoms with E-state index in [4.69, 9.17) is 6.42 Å². The molecule has 0 spiro atoms. The highest BCUT2D eigenvalue weighted by atomic mass is 32.2. The largest absolute Gasteiger partial charge is 0.298 e. The van der Waals surface area contributed by atoms with Gasteiger partial charge in [-0.3, -0.25) is 4.79 Å². The van der Waals surface area contributed by atoms with E-state index in [2.05, 4.69) is 5.92 Å². The maximum atomic E-state index is 11.3. The van der Waals surface area contributed by atoms with E-state index in [-0.39, 0.29) is 5.25 Å². The van der Waals surface area contributed by atoms with Crippen molar-refractivity contribution in [2.45, 2.75) is 30.9 Å². The molecule has 11 heavy (non-hydrogen) atoms. The lowest BCUT2D eigenvalue weighted by Crippen LogP contribution is -2.12. The van der Waals surface area contributed by atoms with Gasteiger partial charge in [-0.2, -0.15) is 11.8 Å². The first kappa shape index (κ1) is 8.67. The number of thioether (sulfide) groups is 1. The summed E-state index contributed by atoms with van der Waals surface area (Å²) in [6.07, 6.45) is 8.51. The van der Waals surface area contributed by atoms with Gasteiger partial charge in [-0.1, -0.05) is 0 Å². The molecule has 0 radical (unpaired) electrons. The van der Waals surface area contributed by atoms with Crippen LogP contribution in [0, 0.1) is 12.3 Å². The van der Waals surface area contributed by atoms with E-state index in [1.54, 1.807) is 11.8 Å². The summed E-state index contributed by atoms with van der Waals surface area (Å²) >= 11 is 1.78. The molecule has 0 amide bonds. The molecule has 1 aliphatic heterocycles. The van der Waals surface area contributed by atoms with Gasteiger partial charge in [0.05, 0.1) is 5.25 Å². The van der Waals surface area contributed by atoms with Crippen LogP contribution in [0.15, 0.2) is 0 Å². The summed E-state index contributed by atoms with van der Waals surface area (Å²) < 4.78 is 0. The molecule has 1 heterocycles. The highest BCUT2D eigenvalue weighted by molar-refractivity contribution is 8.00. The summed E-state index contributed by atoms with van der Waals surface area (Å²) in [4.78, 5) is 11.3. The van der Waals surface area contributed by atoms with Crippen molar-refractivity contribution < 1.29 is 4.79 Å². The second-order valence-corrected chi connectivity index (χ2v) is 3.98. The summed E-state index contributed by atoms with van der Waals surface area (Å²) in [7, 11) is 0. The number of hydrogen-bond acceptors (Lipinski definition) is 2. The fourth-order valence-electron chi connectivity index (χ4n) is 1.19. The van der Waals surface area contributed by atoms with Crippen molar-refractivity contribution in [3.63, 3.8) is 0 Å². The lowest BCUT2D eigenvalue weighted by atomic mass is 10.1. The van der Waals surface area contributed by atoms with Gasteiger partial charge in [0, 0.05) is 12.8 Å². The van der Waals surface area contributed by atoms with Crippen LogP contribution in [0.5, 0.6) is 0 Å². The van der Waals surface area contributed by atoms with Gasteiger partial charge < -0.3 is 0 Å². The van der Waals surface area contributed by atoms with Gasteiger partial charge >= 0.3 is 0 Å². The maximum absolute atomic E-state index is 11.3. The summed E-state index contributed by atoms with van der Waals surface area (Å²) in [5, 5.41) is 0.267. The Bertz CT molecular complexity index is 174. The maximum Gasteiger partial charge on any atom is 0.146 e. The van der Waals surface area contributed by atoms with Gasteiger partial charge in [-0.15, -0.1) is 12.3 Å².